The topological polar surface area (TPSA) is 90.5 Å². The highest BCUT2D eigenvalue weighted by Crippen LogP contribution is 2.20. The maximum Gasteiger partial charge on any atom is 0.267 e. The fourth-order valence-corrected chi connectivity index (χ4v) is 3.49. The van der Waals surface area contributed by atoms with Crippen LogP contribution in [-0.2, 0) is 16.1 Å². The van der Waals surface area contributed by atoms with E-state index in [-0.39, 0.29) is 29.3 Å². The van der Waals surface area contributed by atoms with E-state index in [0.29, 0.717) is 18.0 Å². The number of hydrogen-bond donors (Lipinski definition) is 3. The molecule has 1 saturated heterocycles. The lowest BCUT2D eigenvalue weighted by Crippen LogP contribution is -2.50. The van der Waals surface area contributed by atoms with Gasteiger partial charge in [-0.1, -0.05) is 36.4 Å². The molecule has 3 rings (SSSR count). The molecule has 7 nitrogen and oxygen atoms in total. The first-order chi connectivity index (χ1) is 13.0. The van der Waals surface area contributed by atoms with E-state index in [2.05, 4.69) is 16.2 Å². The van der Waals surface area contributed by atoms with Crippen molar-refractivity contribution in [1.82, 2.24) is 21.1 Å². The van der Waals surface area contributed by atoms with Gasteiger partial charge in [0.05, 0.1) is 10.8 Å². The maximum absolute atomic E-state index is 12.3. The van der Waals surface area contributed by atoms with Crippen LogP contribution in [0.25, 0.3) is 0 Å². The molecule has 1 atom stereocenters. The number of hydrogen-bond acceptors (Lipinski definition) is 5. The third-order valence-electron chi connectivity index (χ3n) is 4.07. The highest BCUT2D eigenvalue weighted by molar-refractivity contribution is 7.80. The summed E-state index contributed by atoms with van der Waals surface area (Å²) in [7, 11) is 0. The smallest absolute Gasteiger partial charge is 0.267 e. The van der Waals surface area contributed by atoms with Crippen LogP contribution in [0.4, 0.5) is 0 Å². The van der Waals surface area contributed by atoms with Crippen molar-refractivity contribution < 1.29 is 14.4 Å². The summed E-state index contributed by atoms with van der Waals surface area (Å²) < 4.78 is 0. The molecular formula is C18H18N4O3S2. The Morgan fingerprint density at radius 2 is 1.93 bits per heavy atom. The molecule has 1 aliphatic rings. The number of nitrogens with zero attached hydrogens (tertiary/aromatic N) is 1. The summed E-state index contributed by atoms with van der Waals surface area (Å²) in [5, 5.41) is 4.25. The van der Waals surface area contributed by atoms with Gasteiger partial charge < -0.3 is 4.90 Å². The van der Waals surface area contributed by atoms with Crippen molar-refractivity contribution in [3.05, 3.63) is 58.3 Å². The molecule has 1 aliphatic heterocycles. The van der Waals surface area contributed by atoms with Crippen LogP contribution in [0.15, 0.2) is 47.8 Å². The van der Waals surface area contributed by atoms with Crippen LogP contribution in [0.1, 0.15) is 21.7 Å². The molecule has 140 valence electrons. The van der Waals surface area contributed by atoms with Crippen molar-refractivity contribution in [2.24, 2.45) is 5.92 Å². The minimum atomic E-state index is -0.468. The van der Waals surface area contributed by atoms with Crippen LogP contribution >= 0.6 is 23.6 Å². The molecule has 0 aliphatic carbocycles. The van der Waals surface area contributed by atoms with Crippen molar-refractivity contribution in [2.75, 3.05) is 6.54 Å². The Hall–Kier alpha value is -2.78. The molecule has 2 heterocycles. The molecule has 1 unspecified atom stereocenters. The third-order valence-corrected chi connectivity index (χ3v) is 5.15. The van der Waals surface area contributed by atoms with Gasteiger partial charge in [-0.15, -0.1) is 11.3 Å². The van der Waals surface area contributed by atoms with Gasteiger partial charge in [0.15, 0.2) is 5.11 Å². The van der Waals surface area contributed by atoms with Gasteiger partial charge >= 0.3 is 0 Å². The Morgan fingerprint density at radius 1 is 1.15 bits per heavy atom. The van der Waals surface area contributed by atoms with Gasteiger partial charge in [-0.2, -0.15) is 0 Å². The van der Waals surface area contributed by atoms with E-state index in [4.69, 9.17) is 12.2 Å². The summed E-state index contributed by atoms with van der Waals surface area (Å²) in [6.07, 6.45) is 0.147. The molecule has 1 fully saturated rings. The number of hydrazine groups is 1. The molecule has 0 spiro atoms. The Morgan fingerprint density at radius 3 is 2.63 bits per heavy atom. The van der Waals surface area contributed by atoms with Crippen molar-refractivity contribution in [2.45, 2.75) is 13.0 Å². The van der Waals surface area contributed by atoms with Crippen LogP contribution in [-0.4, -0.2) is 34.3 Å². The maximum atomic E-state index is 12.3. The number of rotatable bonds is 4. The van der Waals surface area contributed by atoms with Crippen LogP contribution in [0, 0.1) is 5.92 Å². The van der Waals surface area contributed by atoms with Gasteiger partial charge in [0.1, 0.15) is 0 Å². The van der Waals surface area contributed by atoms with E-state index >= 15 is 0 Å². The van der Waals surface area contributed by atoms with Crippen LogP contribution in [0.5, 0.6) is 0 Å². The van der Waals surface area contributed by atoms with Crippen molar-refractivity contribution in [1.29, 1.82) is 0 Å². The van der Waals surface area contributed by atoms with Gasteiger partial charge in [-0.3, -0.25) is 30.6 Å². The zero-order valence-corrected chi connectivity index (χ0v) is 15.9. The summed E-state index contributed by atoms with van der Waals surface area (Å²) in [4.78, 5) is 38.5. The summed E-state index contributed by atoms with van der Waals surface area (Å²) in [5.41, 5.74) is 5.98. The number of likely N-dealkylation sites (tertiary alicyclic amines) is 1. The standard InChI is InChI=1S/C18H18N4O3S2/c23-15-9-13(11-22(15)10-12-5-2-1-3-6-12)16(24)20-21-18(26)19-17(25)14-7-4-8-27-14/h1-8,13H,9-11H2,(H,20,24)(H2,19,21,25,26). The number of benzene rings is 1. The second kappa shape index (κ2) is 8.74. The van der Waals surface area contributed by atoms with Gasteiger partial charge in [0.25, 0.3) is 5.91 Å². The molecule has 3 N–H and O–H groups in total. The van der Waals surface area contributed by atoms with E-state index in [9.17, 15) is 14.4 Å². The Labute approximate surface area is 165 Å². The first-order valence-electron chi connectivity index (χ1n) is 8.29. The van der Waals surface area contributed by atoms with E-state index in [0.717, 1.165) is 5.56 Å². The molecule has 9 heteroatoms. The SMILES string of the molecule is O=C(NC(=S)NNC(=O)C1CC(=O)N(Cc2ccccc2)C1)c1cccs1. The van der Waals surface area contributed by atoms with E-state index < -0.39 is 5.92 Å². The lowest BCUT2D eigenvalue weighted by atomic mass is 10.1. The monoisotopic (exact) mass is 402 g/mol. The highest BCUT2D eigenvalue weighted by atomic mass is 32.1. The minimum Gasteiger partial charge on any atom is -0.338 e. The van der Waals surface area contributed by atoms with E-state index in [1.54, 1.807) is 22.4 Å². The van der Waals surface area contributed by atoms with Gasteiger partial charge in [0.2, 0.25) is 11.8 Å². The quantitative estimate of drug-likeness (QED) is 0.532. The van der Waals surface area contributed by atoms with Crippen LogP contribution in [0.3, 0.4) is 0 Å². The van der Waals surface area contributed by atoms with Crippen molar-refractivity contribution in [3.63, 3.8) is 0 Å². The average molecular weight is 403 g/mol. The first kappa shape index (κ1) is 19.0. The number of nitrogens with one attached hydrogen (secondary N) is 3. The predicted molar refractivity (Wildman–Crippen MR) is 106 cm³/mol. The zero-order valence-electron chi connectivity index (χ0n) is 14.3. The summed E-state index contributed by atoms with van der Waals surface area (Å²) in [6.45, 7) is 0.821. The third kappa shape index (κ3) is 5.11. The Bertz CT molecular complexity index is 840. The van der Waals surface area contributed by atoms with Crippen molar-refractivity contribution >= 4 is 46.4 Å². The van der Waals surface area contributed by atoms with Crippen LogP contribution in [0.2, 0.25) is 0 Å². The molecule has 1 aromatic heterocycles. The number of amides is 3. The minimum absolute atomic E-state index is 0.00721. The first-order valence-corrected chi connectivity index (χ1v) is 9.58. The van der Waals surface area contributed by atoms with E-state index in [1.807, 2.05) is 30.3 Å². The number of carbonyl (C=O) groups excluding carboxylic acids is 3. The molecule has 1 aromatic carbocycles. The molecular weight excluding hydrogens is 384 g/mol. The second-order valence-electron chi connectivity index (χ2n) is 6.04. The molecule has 0 bridgehead atoms. The summed E-state index contributed by atoms with van der Waals surface area (Å²) in [5.74, 6) is -1.22. The number of thiophene rings is 1. The average Bonchev–Trinajstić information content (AvgIpc) is 3.31. The highest BCUT2D eigenvalue weighted by Gasteiger charge is 2.34. The Balaban J connectivity index is 1.45. The summed E-state index contributed by atoms with van der Waals surface area (Å²) >= 11 is 6.29. The molecule has 3 amide bonds. The normalized spacial score (nSPS) is 16.1. The second-order valence-corrected chi connectivity index (χ2v) is 7.39. The van der Waals surface area contributed by atoms with E-state index in [1.165, 1.54) is 11.3 Å². The predicted octanol–water partition coefficient (Wildman–Crippen LogP) is 1.43. The fourth-order valence-electron chi connectivity index (χ4n) is 2.73. The zero-order chi connectivity index (χ0) is 19.2. The largest absolute Gasteiger partial charge is 0.338 e. The Kier molecular flexibility index (Phi) is 6.15. The fraction of sp³-hybridized carbons (Fsp3) is 0.222. The molecule has 0 saturated carbocycles. The lowest BCUT2D eigenvalue weighted by molar-refractivity contribution is -0.129. The van der Waals surface area contributed by atoms with Crippen molar-refractivity contribution in [3.8, 4) is 0 Å². The number of carbonyl (C=O) groups is 3. The van der Waals surface area contributed by atoms with Gasteiger partial charge in [-0.05, 0) is 29.2 Å². The summed E-state index contributed by atoms with van der Waals surface area (Å²) in [6, 6.07) is 13.1. The molecule has 0 radical (unpaired) electrons. The lowest BCUT2D eigenvalue weighted by Gasteiger charge is -2.17. The van der Waals surface area contributed by atoms with Gasteiger partial charge in [-0.25, -0.2) is 0 Å². The number of thiocarbonyl (C=S) groups is 1. The van der Waals surface area contributed by atoms with Crippen LogP contribution < -0.4 is 16.2 Å². The van der Waals surface area contributed by atoms with Gasteiger partial charge in [0, 0.05) is 19.5 Å². The molecule has 27 heavy (non-hydrogen) atoms. The molecule has 2 aromatic rings.